The van der Waals surface area contributed by atoms with E-state index in [-0.39, 0.29) is 0 Å². The van der Waals surface area contributed by atoms with Gasteiger partial charge in [-0.15, -0.1) is 0 Å². The Labute approximate surface area is 112 Å². The predicted octanol–water partition coefficient (Wildman–Crippen LogP) is 2.73. The van der Waals surface area contributed by atoms with Crippen LogP contribution in [0.25, 0.3) is 0 Å². The Kier molecular flexibility index (Phi) is 3.67. The molecule has 0 spiro atoms. The van der Waals surface area contributed by atoms with E-state index >= 15 is 0 Å². The highest BCUT2D eigenvalue weighted by molar-refractivity contribution is 5.52. The molecule has 1 aromatic carbocycles. The van der Waals surface area contributed by atoms with Crippen LogP contribution in [-0.4, -0.2) is 4.98 Å². The van der Waals surface area contributed by atoms with E-state index in [1.54, 1.807) is 12.3 Å². The van der Waals surface area contributed by atoms with E-state index in [1.807, 2.05) is 32.0 Å². The minimum Gasteiger partial charge on any atom is -0.488 e. The van der Waals surface area contributed by atoms with Crippen LogP contribution in [0.4, 0.5) is 5.69 Å². The van der Waals surface area contributed by atoms with Gasteiger partial charge in [-0.25, -0.2) is 4.98 Å². The standard InChI is InChI=1S/C15H15N3O/c1-10-6-13(17)7-11(2)15(10)19-9-12-4-3-5-18-14(12)8-16/h3-7H,9,17H2,1-2H3. The summed E-state index contributed by atoms with van der Waals surface area (Å²) in [5.41, 5.74) is 9.64. The maximum absolute atomic E-state index is 8.98. The lowest BCUT2D eigenvalue weighted by molar-refractivity contribution is 0.301. The first-order chi connectivity index (χ1) is 9.11. The maximum atomic E-state index is 8.98. The van der Waals surface area contributed by atoms with E-state index in [0.29, 0.717) is 12.3 Å². The summed E-state index contributed by atoms with van der Waals surface area (Å²) in [6.45, 7) is 4.22. The summed E-state index contributed by atoms with van der Waals surface area (Å²) >= 11 is 0. The van der Waals surface area contributed by atoms with Gasteiger partial charge in [-0.2, -0.15) is 5.26 Å². The lowest BCUT2D eigenvalue weighted by atomic mass is 10.1. The van der Waals surface area contributed by atoms with Gasteiger partial charge in [-0.05, 0) is 43.2 Å². The number of pyridine rings is 1. The van der Waals surface area contributed by atoms with E-state index in [0.717, 1.165) is 28.1 Å². The molecule has 96 valence electrons. The van der Waals surface area contributed by atoms with Crippen LogP contribution in [0.2, 0.25) is 0 Å². The van der Waals surface area contributed by atoms with Gasteiger partial charge in [0.15, 0.2) is 0 Å². The number of nitriles is 1. The summed E-state index contributed by atoms with van der Waals surface area (Å²) in [6, 6.07) is 9.44. The first-order valence-electron chi connectivity index (χ1n) is 5.95. The van der Waals surface area contributed by atoms with Crippen LogP contribution in [0.3, 0.4) is 0 Å². The van der Waals surface area contributed by atoms with Gasteiger partial charge in [0.1, 0.15) is 24.1 Å². The van der Waals surface area contributed by atoms with E-state index in [9.17, 15) is 0 Å². The zero-order chi connectivity index (χ0) is 13.8. The minimum atomic E-state index is 0.322. The molecular weight excluding hydrogens is 238 g/mol. The number of hydrogen-bond donors (Lipinski definition) is 1. The molecule has 2 aromatic rings. The summed E-state index contributed by atoms with van der Waals surface area (Å²) in [5.74, 6) is 0.807. The zero-order valence-electron chi connectivity index (χ0n) is 11.0. The maximum Gasteiger partial charge on any atom is 0.147 e. The SMILES string of the molecule is Cc1cc(N)cc(C)c1OCc1cccnc1C#N. The molecule has 2 rings (SSSR count). The quantitative estimate of drug-likeness (QED) is 0.854. The third-order valence-electron chi connectivity index (χ3n) is 2.85. The largest absolute Gasteiger partial charge is 0.488 e. The fourth-order valence-corrected chi connectivity index (χ4v) is 2.02. The molecule has 0 fully saturated rings. The fourth-order valence-electron chi connectivity index (χ4n) is 2.02. The predicted molar refractivity (Wildman–Crippen MR) is 73.6 cm³/mol. The van der Waals surface area contributed by atoms with Crippen LogP contribution in [0.1, 0.15) is 22.4 Å². The monoisotopic (exact) mass is 253 g/mol. The molecule has 0 aliphatic rings. The fraction of sp³-hybridized carbons (Fsp3) is 0.200. The Balaban J connectivity index is 2.22. The van der Waals surface area contributed by atoms with Crippen LogP contribution >= 0.6 is 0 Å². The Hall–Kier alpha value is -2.54. The van der Waals surface area contributed by atoms with Gasteiger partial charge in [0.25, 0.3) is 0 Å². The first kappa shape index (κ1) is 12.9. The average molecular weight is 253 g/mol. The Morgan fingerprint density at radius 2 is 2.00 bits per heavy atom. The molecule has 1 heterocycles. The summed E-state index contributed by atoms with van der Waals surface area (Å²) in [7, 11) is 0. The van der Waals surface area contributed by atoms with Crippen LogP contribution in [-0.2, 0) is 6.61 Å². The number of nitrogen functional groups attached to an aromatic ring is 1. The lowest BCUT2D eigenvalue weighted by Gasteiger charge is -2.13. The van der Waals surface area contributed by atoms with Crippen LogP contribution in [0.15, 0.2) is 30.5 Å². The van der Waals surface area contributed by atoms with Crippen molar-refractivity contribution in [2.45, 2.75) is 20.5 Å². The summed E-state index contributed by atoms with van der Waals surface area (Å²) < 4.78 is 5.80. The van der Waals surface area contributed by atoms with Crippen LogP contribution in [0.5, 0.6) is 5.75 Å². The van der Waals surface area contributed by atoms with E-state index in [2.05, 4.69) is 11.1 Å². The third-order valence-corrected chi connectivity index (χ3v) is 2.85. The molecular formula is C15H15N3O. The molecule has 4 nitrogen and oxygen atoms in total. The van der Waals surface area contributed by atoms with E-state index in [4.69, 9.17) is 15.7 Å². The number of benzene rings is 1. The summed E-state index contributed by atoms with van der Waals surface area (Å²) in [4.78, 5) is 4.01. The smallest absolute Gasteiger partial charge is 0.147 e. The average Bonchev–Trinajstić information content (AvgIpc) is 2.38. The van der Waals surface area contributed by atoms with Crippen molar-refractivity contribution in [3.8, 4) is 11.8 Å². The molecule has 0 aliphatic carbocycles. The Morgan fingerprint density at radius 1 is 1.32 bits per heavy atom. The van der Waals surface area contributed by atoms with Gasteiger partial charge in [0.05, 0.1) is 0 Å². The number of nitrogens with zero attached hydrogens (tertiary/aromatic N) is 2. The van der Waals surface area contributed by atoms with Crippen LogP contribution < -0.4 is 10.5 Å². The van der Waals surface area contributed by atoms with Crippen molar-refractivity contribution in [3.05, 3.63) is 52.8 Å². The van der Waals surface area contributed by atoms with E-state index in [1.165, 1.54) is 0 Å². The van der Waals surface area contributed by atoms with Crippen molar-refractivity contribution < 1.29 is 4.74 Å². The molecule has 0 saturated carbocycles. The molecule has 2 N–H and O–H groups in total. The molecule has 19 heavy (non-hydrogen) atoms. The van der Waals surface area contributed by atoms with Crippen molar-refractivity contribution in [1.82, 2.24) is 4.98 Å². The van der Waals surface area contributed by atoms with Crippen molar-refractivity contribution in [3.63, 3.8) is 0 Å². The molecule has 0 saturated heterocycles. The van der Waals surface area contributed by atoms with Crippen molar-refractivity contribution >= 4 is 5.69 Å². The topological polar surface area (TPSA) is 71.9 Å². The Bertz CT molecular complexity index is 621. The third kappa shape index (κ3) is 2.83. The van der Waals surface area contributed by atoms with Gasteiger partial charge in [-0.3, -0.25) is 0 Å². The number of aromatic nitrogens is 1. The first-order valence-corrected chi connectivity index (χ1v) is 5.95. The zero-order valence-corrected chi connectivity index (χ0v) is 11.0. The lowest BCUT2D eigenvalue weighted by Crippen LogP contribution is -2.02. The molecule has 1 aromatic heterocycles. The summed E-state index contributed by atoms with van der Waals surface area (Å²) in [6.07, 6.45) is 1.60. The van der Waals surface area contributed by atoms with Crippen molar-refractivity contribution in [2.75, 3.05) is 5.73 Å². The molecule has 0 aliphatic heterocycles. The highest BCUT2D eigenvalue weighted by Gasteiger charge is 2.08. The number of aryl methyl sites for hydroxylation is 2. The van der Waals surface area contributed by atoms with Crippen molar-refractivity contribution in [2.24, 2.45) is 0 Å². The number of anilines is 1. The molecule has 0 radical (unpaired) electrons. The van der Waals surface area contributed by atoms with Gasteiger partial charge >= 0.3 is 0 Å². The number of rotatable bonds is 3. The second-order valence-electron chi connectivity index (χ2n) is 4.40. The van der Waals surface area contributed by atoms with Gasteiger partial charge in [0.2, 0.25) is 0 Å². The molecule has 0 unspecified atom stereocenters. The molecule has 0 atom stereocenters. The minimum absolute atomic E-state index is 0.322. The van der Waals surface area contributed by atoms with Gasteiger partial charge in [-0.1, -0.05) is 6.07 Å². The second-order valence-corrected chi connectivity index (χ2v) is 4.40. The molecule has 4 heteroatoms. The normalized spacial score (nSPS) is 9.95. The highest BCUT2D eigenvalue weighted by Crippen LogP contribution is 2.26. The number of nitrogens with two attached hydrogens (primary N) is 1. The van der Waals surface area contributed by atoms with Gasteiger partial charge in [0, 0.05) is 17.4 Å². The highest BCUT2D eigenvalue weighted by atomic mass is 16.5. The number of ether oxygens (including phenoxy) is 1. The van der Waals surface area contributed by atoms with Crippen molar-refractivity contribution in [1.29, 1.82) is 5.26 Å². The second kappa shape index (κ2) is 5.40. The number of hydrogen-bond acceptors (Lipinski definition) is 4. The molecule has 0 bridgehead atoms. The van der Waals surface area contributed by atoms with Crippen LogP contribution in [0, 0.1) is 25.2 Å². The summed E-state index contributed by atoms with van der Waals surface area (Å²) in [5, 5.41) is 8.98. The molecule has 0 amide bonds. The Morgan fingerprint density at radius 3 is 2.63 bits per heavy atom. The van der Waals surface area contributed by atoms with E-state index < -0.39 is 0 Å². The van der Waals surface area contributed by atoms with Gasteiger partial charge < -0.3 is 10.5 Å².